The van der Waals surface area contributed by atoms with Gasteiger partial charge in [-0.3, -0.25) is 9.52 Å². The van der Waals surface area contributed by atoms with Crippen molar-refractivity contribution >= 4 is 54.8 Å². The van der Waals surface area contributed by atoms with Crippen LogP contribution in [0, 0.1) is 11.6 Å². The largest absolute Gasteiger partial charge is 0.380 e. The van der Waals surface area contributed by atoms with Gasteiger partial charge in [0.25, 0.3) is 15.9 Å². The molecule has 4 rings (SSSR count). The second-order valence-electron chi connectivity index (χ2n) is 7.52. The number of anilines is 1. The number of nitrogens with zero attached hydrogens (tertiary/aromatic N) is 2. The van der Waals surface area contributed by atoms with Crippen LogP contribution in [0.5, 0.6) is 0 Å². The van der Waals surface area contributed by atoms with Crippen molar-refractivity contribution < 1.29 is 26.7 Å². The van der Waals surface area contributed by atoms with Crippen LogP contribution in [0.1, 0.15) is 17.3 Å². The van der Waals surface area contributed by atoms with E-state index in [1.807, 2.05) is 6.92 Å². The third kappa shape index (κ3) is 5.81. The summed E-state index contributed by atoms with van der Waals surface area (Å²) in [6.45, 7) is 2.70. The van der Waals surface area contributed by atoms with Gasteiger partial charge in [0.1, 0.15) is 5.82 Å². The zero-order valence-electron chi connectivity index (χ0n) is 18.9. The molecular formula is C24H20ClF2N3O4S2. The summed E-state index contributed by atoms with van der Waals surface area (Å²) in [5, 5.41) is 0.394. The quantitative estimate of drug-likeness (QED) is 0.304. The molecule has 0 saturated heterocycles. The number of rotatable bonds is 8. The van der Waals surface area contributed by atoms with Gasteiger partial charge < -0.3 is 9.30 Å². The van der Waals surface area contributed by atoms with Gasteiger partial charge in [-0.2, -0.15) is 4.99 Å². The van der Waals surface area contributed by atoms with Crippen molar-refractivity contribution in [2.45, 2.75) is 18.4 Å². The summed E-state index contributed by atoms with van der Waals surface area (Å²) < 4.78 is 63.2. The Hall–Kier alpha value is -3.12. The average Bonchev–Trinajstić information content (AvgIpc) is 3.16. The lowest BCUT2D eigenvalue weighted by molar-refractivity contribution is 0.0996. The summed E-state index contributed by atoms with van der Waals surface area (Å²) >= 11 is 6.79. The van der Waals surface area contributed by atoms with Gasteiger partial charge in [-0.1, -0.05) is 29.0 Å². The number of carbonyl (C=O) groups excluding carboxylic acids is 1. The Morgan fingerprint density at radius 2 is 1.89 bits per heavy atom. The minimum Gasteiger partial charge on any atom is -0.380 e. The number of nitrogens with one attached hydrogen (secondary N) is 1. The SMILES string of the molecule is CCOCCn1c(=NC(=O)c2cccc(NS(=O)(=O)c3ccc(Cl)cc3)c2)sc2cc(F)cc(F)c21. The van der Waals surface area contributed by atoms with E-state index in [2.05, 4.69) is 9.71 Å². The molecule has 0 aliphatic heterocycles. The maximum Gasteiger partial charge on any atom is 0.279 e. The predicted molar refractivity (Wildman–Crippen MR) is 135 cm³/mol. The van der Waals surface area contributed by atoms with Crippen molar-refractivity contribution in [2.24, 2.45) is 4.99 Å². The van der Waals surface area contributed by atoms with E-state index in [1.165, 1.54) is 59.2 Å². The van der Waals surface area contributed by atoms with Crippen LogP contribution in [0.4, 0.5) is 14.5 Å². The maximum absolute atomic E-state index is 14.6. The molecule has 0 spiro atoms. The first-order valence-corrected chi connectivity index (χ1v) is 13.4. The van der Waals surface area contributed by atoms with E-state index in [4.69, 9.17) is 16.3 Å². The number of halogens is 3. The second-order valence-corrected chi connectivity index (χ2v) is 10.7. The zero-order chi connectivity index (χ0) is 25.9. The Bertz CT molecular complexity index is 1600. The molecule has 1 heterocycles. The first kappa shape index (κ1) is 26.0. The number of carbonyl (C=O) groups is 1. The van der Waals surface area contributed by atoms with Crippen LogP contribution in [0.25, 0.3) is 10.2 Å². The number of thiazole rings is 1. The van der Waals surface area contributed by atoms with Gasteiger partial charge in [-0.05, 0) is 55.5 Å². The first-order chi connectivity index (χ1) is 17.2. The summed E-state index contributed by atoms with van der Waals surface area (Å²) in [5.74, 6) is -2.19. The number of hydrogen-bond acceptors (Lipinski definition) is 5. The molecule has 1 aromatic heterocycles. The molecule has 0 bridgehead atoms. The number of benzene rings is 3. The molecule has 7 nitrogen and oxygen atoms in total. The van der Waals surface area contributed by atoms with Crippen LogP contribution >= 0.6 is 22.9 Å². The van der Waals surface area contributed by atoms with Gasteiger partial charge in [0.15, 0.2) is 10.6 Å². The molecule has 0 aliphatic rings. The molecule has 0 atom stereocenters. The van der Waals surface area contributed by atoms with Crippen LogP contribution < -0.4 is 9.52 Å². The van der Waals surface area contributed by atoms with Crippen molar-refractivity contribution in [3.05, 3.63) is 87.7 Å². The third-order valence-corrected chi connectivity index (χ3v) is 7.72. The van der Waals surface area contributed by atoms with Gasteiger partial charge >= 0.3 is 0 Å². The Balaban J connectivity index is 1.68. The smallest absolute Gasteiger partial charge is 0.279 e. The van der Waals surface area contributed by atoms with Crippen LogP contribution in [-0.2, 0) is 21.3 Å². The van der Waals surface area contributed by atoms with Crippen LogP contribution in [0.3, 0.4) is 0 Å². The van der Waals surface area contributed by atoms with Gasteiger partial charge in [0.2, 0.25) is 0 Å². The van der Waals surface area contributed by atoms with Gasteiger partial charge in [-0.15, -0.1) is 0 Å². The van der Waals surface area contributed by atoms with E-state index in [0.717, 1.165) is 17.4 Å². The molecule has 12 heteroatoms. The lowest BCUT2D eigenvalue weighted by atomic mass is 10.2. The molecule has 36 heavy (non-hydrogen) atoms. The van der Waals surface area contributed by atoms with Crippen LogP contribution in [-0.4, -0.2) is 32.1 Å². The van der Waals surface area contributed by atoms with E-state index in [-0.39, 0.29) is 39.6 Å². The average molecular weight is 552 g/mol. The molecule has 188 valence electrons. The first-order valence-electron chi connectivity index (χ1n) is 10.7. The van der Waals surface area contributed by atoms with Gasteiger partial charge in [-0.25, -0.2) is 17.2 Å². The Kier molecular flexibility index (Phi) is 7.84. The number of amides is 1. The summed E-state index contributed by atoms with van der Waals surface area (Å²) in [4.78, 5) is 17.3. The Morgan fingerprint density at radius 1 is 1.14 bits per heavy atom. The molecular weight excluding hydrogens is 532 g/mol. The summed E-state index contributed by atoms with van der Waals surface area (Å²) in [7, 11) is -3.92. The highest BCUT2D eigenvalue weighted by Crippen LogP contribution is 2.23. The molecule has 1 N–H and O–H groups in total. The molecule has 0 saturated carbocycles. The summed E-state index contributed by atoms with van der Waals surface area (Å²) in [6, 6.07) is 13.4. The summed E-state index contributed by atoms with van der Waals surface area (Å²) in [5.41, 5.74) is 0.378. The normalized spacial score (nSPS) is 12.3. The topological polar surface area (TPSA) is 89.8 Å². The maximum atomic E-state index is 14.6. The van der Waals surface area contributed by atoms with E-state index >= 15 is 0 Å². The highest BCUT2D eigenvalue weighted by atomic mass is 35.5. The highest BCUT2D eigenvalue weighted by Gasteiger charge is 2.17. The predicted octanol–water partition coefficient (Wildman–Crippen LogP) is 5.21. The van der Waals surface area contributed by atoms with Crippen molar-refractivity contribution in [2.75, 3.05) is 17.9 Å². The van der Waals surface area contributed by atoms with Crippen molar-refractivity contribution in [3.63, 3.8) is 0 Å². The Labute approximate surface area is 214 Å². The lowest BCUT2D eigenvalue weighted by Crippen LogP contribution is -2.20. The molecule has 0 aliphatic carbocycles. The molecule has 0 unspecified atom stereocenters. The van der Waals surface area contributed by atoms with Crippen LogP contribution in [0.15, 0.2) is 70.6 Å². The number of sulfonamides is 1. The fourth-order valence-electron chi connectivity index (χ4n) is 3.42. The van der Waals surface area contributed by atoms with Gasteiger partial charge in [0, 0.05) is 35.5 Å². The molecule has 0 fully saturated rings. The third-order valence-electron chi connectivity index (χ3n) is 5.04. The Morgan fingerprint density at radius 3 is 2.61 bits per heavy atom. The standard InChI is InChI=1S/C24H20ClF2N3O4S2/c1-2-34-11-10-30-22-20(27)13-17(26)14-21(22)35-24(30)28-23(31)15-4-3-5-18(12-15)29-36(32,33)19-8-6-16(25)7-9-19/h3-9,12-14,29H,2,10-11H2,1H3. The van der Waals surface area contributed by atoms with E-state index in [1.54, 1.807) is 0 Å². The molecule has 1 amide bonds. The minimum atomic E-state index is -3.92. The second kappa shape index (κ2) is 10.9. The minimum absolute atomic E-state index is 0.00296. The van der Waals surface area contributed by atoms with Gasteiger partial charge in [0.05, 0.1) is 21.7 Å². The van der Waals surface area contributed by atoms with E-state index < -0.39 is 27.6 Å². The fourth-order valence-corrected chi connectivity index (χ4v) is 5.69. The number of aromatic nitrogens is 1. The van der Waals surface area contributed by atoms with Crippen molar-refractivity contribution in [1.82, 2.24) is 4.57 Å². The number of ether oxygens (including phenoxy) is 1. The highest BCUT2D eigenvalue weighted by molar-refractivity contribution is 7.92. The molecule has 3 aromatic carbocycles. The summed E-state index contributed by atoms with van der Waals surface area (Å²) in [6.07, 6.45) is 0. The number of fused-ring (bicyclic) bond motifs is 1. The molecule has 0 radical (unpaired) electrons. The van der Waals surface area contributed by atoms with E-state index in [0.29, 0.717) is 16.3 Å². The fraction of sp³-hybridized carbons (Fsp3) is 0.167. The lowest BCUT2D eigenvalue weighted by Gasteiger charge is -2.09. The van der Waals surface area contributed by atoms with Crippen LogP contribution in [0.2, 0.25) is 5.02 Å². The monoisotopic (exact) mass is 551 g/mol. The van der Waals surface area contributed by atoms with Crippen molar-refractivity contribution in [3.8, 4) is 0 Å². The van der Waals surface area contributed by atoms with E-state index in [9.17, 15) is 22.0 Å². The zero-order valence-corrected chi connectivity index (χ0v) is 21.3. The number of hydrogen-bond donors (Lipinski definition) is 1. The molecule has 4 aromatic rings. The van der Waals surface area contributed by atoms with Crippen molar-refractivity contribution in [1.29, 1.82) is 0 Å².